The number of aromatic hydroxyl groups is 1. The van der Waals surface area contributed by atoms with Crippen LogP contribution < -0.4 is 0 Å². The molecular formula is C42H50N2O5. The molecule has 3 aliphatic rings. The molecule has 0 unspecified atom stereocenters. The van der Waals surface area contributed by atoms with E-state index < -0.39 is 23.9 Å². The molecule has 0 radical (unpaired) electrons. The number of hydrogen-bond acceptors (Lipinski definition) is 6. The molecule has 2 amide bonds. The average Bonchev–Trinajstić information content (AvgIpc) is 3.37. The van der Waals surface area contributed by atoms with Crippen molar-refractivity contribution >= 4 is 23.5 Å². The molecule has 2 fully saturated rings. The van der Waals surface area contributed by atoms with Crippen molar-refractivity contribution in [3.05, 3.63) is 112 Å². The Morgan fingerprint density at radius 1 is 0.939 bits per heavy atom. The van der Waals surface area contributed by atoms with Gasteiger partial charge in [0.05, 0.1) is 24.5 Å². The van der Waals surface area contributed by atoms with Crippen molar-refractivity contribution in [1.82, 2.24) is 9.80 Å². The number of aliphatic hydroxyl groups is 2. The number of nitrogens with zero attached hydrogens (tertiary/aromatic N) is 2. The fourth-order valence-electron chi connectivity index (χ4n) is 8.53. The molecular weight excluding hydrogens is 612 g/mol. The predicted molar refractivity (Wildman–Crippen MR) is 193 cm³/mol. The summed E-state index contributed by atoms with van der Waals surface area (Å²) in [6, 6.07) is 24.2. The Morgan fingerprint density at radius 3 is 2.18 bits per heavy atom. The van der Waals surface area contributed by atoms with E-state index >= 15 is 0 Å². The van der Waals surface area contributed by atoms with Gasteiger partial charge in [0.2, 0.25) is 11.8 Å². The Balaban J connectivity index is 1.19. The summed E-state index contributed by atoms with van der Waals surface area (Å²) < 4.78 is 0. The average molecular weight is 663 g/mol. The van der Waals surface area contributed by atoms with Gasteiger partial charge < -0.3 is 15.3 Å². The highest BCUT2D eigenvalue weighted by Crippen LogP contribution is 2.48. The number of phenolic OH excluding ortho intramolecular Hbond substituents is 1. The molecule has 4 atom stereocenters. The van der Waals surface area contributed by atoms with Crippen molar-refractivity contribution in [3.8, 4) is 5.75 Å². The zero-order chi connectivity index (χ0) is 34.7. The van der Waals surface area contributed by atoms with Gasteiger partial charge >= 0.3 is 0 Å². The molecule has 0 saturated carbocycles. The maximum absolute atomic E-state index is 14.1. The molecule has 3 aromatic carbocycles. The molecule has 0 spiro atoms. The number of allylic oxidation sites excluding steroid dienone is 2. The molecule has 2 heterocycles. The minimum Gasteiger partial charge on any atom is -0.507 e. The molecule has 7 heteroatoms. The Labute approximate surface area is 290 Å². The molecule has 3 aromatic rings. The number of piperidine rings is 1. The first-order chi connectivity index (χ1) is 23.7. The molecule has 7 nitrogen and oxygen atoms in total. The second-order valence-electron chi connectivity index (χ2n) is 14.2. The fraction of sp³-hybridized carbons (Fsp3) is 0.429. The summed E-state index contributed by atoms with van der Waals surface area (Å²) in [5.74, 6) is -1.72. The molecule has 49 heavy (non-hydrogen) atoms. The third kappa shape index (κ3) is 7.30. The third-order valence-corrected chi connectivity index (χ3v) is 11.1. The highest BCUT2D eigenvalue weighted by Gasteiger charge is 2.56. The summed E-state index contributed by atoms with van der Waals surface area (Å²) in [4.78, 5) is 32.0. The number of fused-ring (bicyclic) bond motifs is 1. The van der Waals surface area contributed by atoms with Gasteiger partial charge in [-0.05, 0) is 103 Å². The Morgan fingerprint density at radius 2 is 1.57 bits per heavy atom. The third-order valence-electron chi connectivity index (χ3n) is 11.1. The minimum absolute atomic E-state index is 0.108. The van der Waals surface area contributed by atoms with Crippen LogP contribution in [0, 0.1) is 31.6 Å². The summed E-state index contributed by atoms with van der Waals surface area (Å²) in [6.45, 7) is 8.02. The first-order valence-electron chi connectivity index (χ1n) is 17.9. The first kappa shape index (κ1) is 34.8. The molecule has 2 saturated heterocycles. The van der Waals surface area contributed by atoms with Crippen molar-refractivity contribution in [2.45, 2.75) is 78.0 Å². The molecule has 0 aromatic heterocycles. The van der Waals surface area contributed by atoms with Crippen molar-refractivity contribution in [3.63, 3.8) is 0 Å². The van der Waals surface area contributed by atoms with E-state index in [9.17, 15) is 24.9 Å². The summed E-state index contributed by atoms with van der Waals surface area (Å²) in [7, 11) is 0. The van der Waals surface area contributed by atoms with Crippen molar-refractivity contribution in [1.29, 1.82) is 0 Å². The smallest absolute Gasteiger partial charge is 0.234 e. The Kier molecular flexibility index (Phi) is 10.8. The lowest BCUT2D eigenvalue weighted by Gasteiger charge is -2.37. The lowest BCUT2D eigenvalue weighted by atomic mass is 9.67. The van der Waals surface area contributed by atoms with Crippen LogP contribution in [-0.4, -0.2) is 68.8 Å². The standard InChI is InChI=1S/C42H50N2O5/c1-4-31-24-35-39(42(49)44(41(35)48)34-17-19-43(20-18-34)25-29-11-7-5-8-12-29)36(26-45)38(31)37(46)16-15-33(32-13-9-6-10-14-32)23-30-21-27(2)40(47)28(3)22-30/h5-14,21-23,34-37,39,45-47H,4,15-20,24-26H2,1-3H3/b33-23-/t35-,36+,37-,39-/m1/s1. The first-order valence-corrected chi connectivity index (χ1v) is 17.9. The lowest BCUT2D eigenvalue weighted by Crippen LogP contribution is -2.47. The molecule has 2 aliphatic heterocycles. The summed E-state index contributed by atoms with van der Waals surface area (Å²) in [5, 5.41) is 33.0. The monoisotopic (exact) mass is 662 g/mol. The number of phenols is 1. The number of hydrogen-bond donors (Lipinski definition) is 3. The van der Waals surface area contributed by atoms with E-state index in [1.54, 1.807) is 4.90 Å². The van der Waals surface area contributed by atoms with Crippen LogP contribution in [0.4, 0.5) is 0 Å². The number of likely N-dealkylation sites (tertiary alicyclic amines) is 2. The van der Waals surface area contributed by atoms with Gasteiger partial charge in [0.15, 0.2) is 0 Å². The number of benzene rings is 3. The number of rotatable bonds is 11. The number of aliphatic hydroxyl groups excluding tert-OH is 2. The van der Waals surface area contributed by atoms with E-state index in [2.05, 4.69) is 35.2 Å². The molecule has 3 N–H and O–H groups in total. The van der Waals surface area contributed by atoms with Gasteiger partial charge in [-0.3, -0.25) is 19.4 Å². The summed E-state index contributed by atoms with van der Waals surface area (Å²) >= 11 is 0. The number of amides is 2. The van der Waals surface area contributed by atoms with Gasteiger partial charge in [-0.15, -0.1) is 0 Å². The highest BCUT2D eigenvalue weighted by molar-refractivity contribution is 6.06. The fourth-order valence-corrected chi connectivity index (χ4v) is 8.53. The number of imide groups is 1. The SMILES string of the molecule is CCC1=C([C@H](O)CC/C(=C/c2cc(C)c(O)c(C)c2)c2ccccc2)[C@H](CO)[C@@H]2C(=O)N(C3CCN(Cc4ccccc4)CC3)C(=O)[C@@H]2C1. The number of carbonyl (C=O) groups excluding carboxylic acids is 2. The van der Waals surface area contributed by atoms with Gasteiger partial charge in [-0.1, -0.05) is 79.2 Å². The van der Waals surface area contributed by atoms with E-state index in [0.717, 1.165) is 71.4 Å². The summed E-state index contributed by atoms with van der Waals surface area (Å²) in [5.41, 5.74) is 7.68. The highest BCUT2D eigenvalue weighted by atomic mass is 16.3. The minimum atomic E-state index is -0.860. The van der Waals surface area contributed by atoms with E-state index in [0.29, 0.717) is 31.4 Å². The second kappa shape index (κ2) is 15.2. The zero-order valence-corrected chi connectivity index (χ0v) is 29.0. The van der Waals surface area contributed by atoms with Crippen molar-refractivity contribution < 1.29 is 24.9 Å². The van der Waals surface area contributed by atoms with E-state index in [1.807, 2.05) is 69.3 Å². The van der Waals surface area contributed by atoms with Crippen LogP contribution in [0.3, 0.4) is 0 Å². The second-order valence-corrected chi connectivity index (χ2v) is 14.2. The van der Waals surface area contributed by atoms with Gasteiger partial charge in [0.25, 0.3) is 0 Å². The van der Waals surface area contributed by atoms with Gasteiger partial charge in [-0.2, -0.15) is 0 Å². The van der Waals surface area contributed by atoms with Crippen LogP contribution in [-0.2, 0) is 16.1 Å². The number of aryl methyl sites for hydroxylation is 2. The normalized spacial score (nSPS) is 22.9. The van der Waals surface area contributed by atoms with Gasteiger partial charge in [0, 0.05) is 31.6 Å². The largest absolute Gasteiger partial charge is 0.507 e. The summed E-state index contributed by atoms with van der Waals surface area (Å²) in [6.07, 6.45) is 4.81. The Bertz CT molecular complexity index is 1680. The number of carbonyl (C=O) groups is 2. The maximum atomic E-state index is 14.1. The predicted octanol–water partition coefficient (Wildman–Crippen LogP) is 6.68. The van der Waals surface area contributed by atoms with Crippen LogP contribution in [0.5, 0.6) is 5.75 Å². The van der Waals surface area contributed by atoms with E-state index in [-0.39, 0.29) is 24.5 Å². The molecule has 6 rings (SSSR count). The van der Waals surface area contributed by atoms with Gasteiger partial charge in [-0.25, -0.2) is 0 Å². The topological polar surface area (TPSA) is 101 Å². The van der Waals surface area contributed by atoms with Crippen LogP contribution in [0.1, 0.15) is 73.3 Å². The molecule has 0 bridgehead atoms. The Hall–Kier alpha value is -4.04. The van der Waals surface area contributed by atoms with Crippen molar-refractivity contribution in [2.75, 3.05) is 19.7 Å². The van der Waals surface area contributed by atoms with Crippen LogP contribution in [0.2, 0.25) is 0 Å². The van der Waals surface area contributed by atoms with E-state index in [1.165, 1.54) is 5.56 Å². The van der Waals surface area contributed by atoms with Crippen LogP contribution in [0.15, 0.2) is 83.9 Å². The lowest BCUT2D eigenvalue weighted by molar-refractivity contribution is -0.144. The molecule has 1 aliphatic carbocycles. The van der Waals surface area contributed by atoms with Crippen LogP contribution >= 0.6 is 0 Å². The zero-order valence-electron chi connectivity index (χ0n) is 29.0. The maximum Gasteiger partial charge on any atom is 0.234 e. The van der Waals surface area contributed by atoms with Gasteiger partial charge in [0.1, 0.15) is 5.75 Å². The van der Waals surface area contributed by atoms with Crippen LogP contribution in [0.25, 0.3) is 11.6 Å². The van der Waals surface area contributed by atoms with Crippen molar-refractivity contribution in [2.24, 2.45) is 17.8 Å². The quantitative estimate of drug-likeness (QED) is 0.120. The molecule has 258 valence electrons. The van der Waals surface area contributed by atoms with E-state index in [4.69, 9.17) is 0 Å².